The van der Waals surface area contributed by atoms with Gasteiger partial charge in [0.15, 0.2) is 5.13 Å². The minimum absolute atomic E-state index is 0.183. The molecule has 0 aromatic carbocycles. The molecule has 1 aliphatic heterocycles. The Hall–Kier alpha value is -1.96. The number of piperidine rings is 1. The quantitative estimate of drug-likeness (QED) is 0.641. The number of aromatic nitrogens is 1. The second-order valence-electron chi connectivity index (χ2n) is 4.05. The van der Waals surface area contributed by atoms with Gasteiger partial charge in [0.1, 0.15) is 10.9 Å². The summed E-state index contributed by atoms with van der Waals surface area (Å²) < 4.78 is 4.58. The Kier molecular flexibility index (Phi) is 3.79. The number of rotatable bonds is 3. The second-order valence-corrected chi connectivity index (χ2v) is 5.08. The molecule has 19 heavy (non-hydrogen) atoms. The maximum absolute atomic E-state index is 11.9. The summed E-state index contributed by atoms with van der Waals surface area (Å²) in [5.41, 5.74) is 0. The Bertz CT molecular complexity index is 528. The molecule has 0 radical (unpaired) electrons. The van der Waals surface area contributed by atoms with Gasteiger partial charge in [0.05, 0.1) is 13.3 Å². The molecule has 1 aromatic rings. The van der Waals surface area contributed by atoms with Crippen molar-refractivity contribution in [3.63, 3.8) is 0 Å². The first kappa shape index (κ1) is 13.5. The van der Waals surface area contributed by atoms with Crippen molar-refractivity contribution in [1.82, 2.24) is 9.88 Å². The van der Waals surface area contributed by atoms with Gasteiger partial charge in [-0.1, -0.05) is 11.3 Å². The van der Waals surface area contributed by atoms with Gasteiger partial charge in [-0.05, 0) is 6.42 Å². The third kappa shape index (κ3) is 2.73. The first-order chi connectivity index (χ1) is 9.02. The van der Waals surface area contributed by atoms with E-state index in [2.05, 4.69) is 15.0 Å². The predicted molar refractivity (Wildman–Crippen MR) is 67.9 cm³/mol. The van der Waals surface area contributed by atoms with Crippen LogP contribution in [0.25, 0.3) is 0 Å². The number of carbonyl (C=O) groups excluding carboxylic acids is 3. The molecule has 1 N–H and O–H groups in total. The van der Waals surface area contributed by atoms with Gasteiger partial charge < -0.3 is 10.1 Å². The number of methoxy groups -OCH3 is 1. The Morgan fingerprint density at radius 1 is 1.58 bits per heavy atom. The number of hydrogen-bond acceptors (Lipinski definition) is 7. The maximum Gasteiger partial charge on any atom is 0.349 e. The molecule has 0 aliphatic carbocycles. The number of ether oxygens (including phenoxy) is 1. The van der Waals surface area contributed by atoms with Crippen LogP contribution < -0.4 is 5.32 Å². The zero-order chi connectivity index (χ0) is 14.0. The number of carbonyl (C=O) groups is 3. The van der Waals surface area contributed by atoms with Crippen molar-refractivity contribution in [1.29, 1.82) is 0 Å². The number of likely N-dealkylation sites (tertiary alicyclic amines) is 1. The molecule has 0 bridgehead atoms. The summed E-state index contributed by atoms with van der Waals surface area (Å²) in [7, 11) is 2.75. The van der Waals surface area contributed by atoms with E-state index >= 15 is 0 Å². The fourth-order valence-corrected chi connectivity index (χ4v) is 2.52. The highest BCUT2D eigenvalue weighted by atomic mass is 32.1. The molecule has 0 spiro atoms. The zero-order valence-corrected chi connectivity index (χ0v) is 11.3. The fraction of sp³-hybridized carbons (Fsp3) is 0.455. The number of nitrogens with one attached hydrogen (secondary N) is 1. The smallest absolute Gasteiger partial charge is 0.349 e. The molecule has 1 unspecified atom stereocenters. The number of hydrogen-bond donors (Lipinski definition) is 1. The molecule has 1 saturated heterocycles. The summed E-state index contributed by atoms with van der Waals surface area (Å²) in [6.07, 6.45) is 2.13. The third-order valence-corrected chi connectivity index (χ3v) is 3.75. The number of anilines is 1. The van der Waals surface area contributed by atoms with Crippen molar-refractivity contribution in [2.24, 2.45) is 0 Å². The molecule has 1 aromatic heterocycles. The Labute approximate surface area is 113 Å². The van der Waals surface area contributed by atoms with Gasteiger partial charge in [-0.15, -0.1) is 0 Å². The van der Waals surface area contributed by atoms with E-state index in [0.29, 0.717) is 22.9 Å². The van der Waals surface area contributed by atoms with Gasteiger partial charge in [-0.2, -0.15) is 0 Å². The molecule has 1 aliphatic rings. The van der Waals surface area contributed by atoms with E-state index in [-0.39, 0.29) is 11.8 Å². The van der Waals surface area contributed by atoms with E-state index in [1.165, 1.54) is 20.4 Å². The number of amides is 2. The van der Waals surface area contributed by atoms with Gasteiger partial charge >= 0.3 is 5.97 Å². The Morgan fingerprint density at radius 3 is 3.00 bits per heavy atom. The summed E-state index contributed by atoms with van der Waals surface area (Å²) in [5.74, 6) is -0.934. The van der Waals surface area contributed by atoms with Crippen molar-refractivity contribution in [3.8, 4) is 0 Å². The summed E-state index contributed by atoms with van der Waals surface area (Å²) in [4.78, 5) is 40.0. The number of nitrogens with zero attached hydrogens (tertiary/aromatic N) is 2. The van der Waals surface area contributed by atoms with Crippen LogP contribution in [0.2, 0.25) is 0 Å². The van der Waals surface area contributed by atoms with Crippen molar-refractivity contribution >= 4 is 34.3 Å². The highest BCUT2D eigenvalue weighted by molar-refractivity contribution is 7.17. The second kappa shape index (κ2) is 5.35. The van der Waals surface area contributed by atoms with Gasteiger partial charge in [0.25, 0.3) is 5.91 Å². The average molecular weight is 283 g/mol. The number of thiazole rings is 1. The summed E-state index contributed by atoms with van der Waals surface area (Å²) in [6.45, 7) is 0. The largest absolute Gasteiger partial charge is 0.465 e. The van der Waals surface area contributed by atoms with Crippen LogP contribution in [0.3, 0.4) is 0 Å². The molecule has 1 fully saturated rings. The lowest BCUT2D eigenvalue weighted by Gasteiger charge is -2.27. The lowest BCUT2D eigenvalue weighted by atomic mass is 10.1. The van der Waals surface area contributed by atoms with E-state index in [4.69, 9.17) is 0 Å². The minimum atomic E-state index is -0.487. The van der Waals surface area contributed by atoms with Gasteiger partial charge in [0.2, 0.25) is 5.91 Å². The summed E-state index contributed by atoms with van der Waals surface area (Å²) in [5, 5.41) is 3.40. The third-order valence-electron chi connectivity index (χ3n) is 2.84. The predicted octanol–water partition coefficient (Wildman–Crippen LogP) is 0.489. The van der Waals surface area contributed by atoms with Crippen LogP contribution in [0.1, 0.15) is 22.5 Å². The van der Waals surface area contributed by atoms with E-state index in [1.807, 2.05) is 0 Å². The molecule has 1 atom stereocenters. The van der Waals surface area contributed by atoms with Crippen LogP contribution in [0, 0.1) is 0 Å². The van der Waals surface area contributed by atoms with Crippen LogP contribution in [0.4, 0.5) is 5.13 Å². The standard InChI is InChI=1S/C11H13N3O4S/c1-14-8(15)4-3-6(9(14)16)13-11-12-5-7(19-11)10(17)18-2/h5-6H,3-4H2,1-2H3,(H,12,13). The van der Waals surface area contributed by atoms with Crippen LogP contribution in [0.15, 0.2) is 6.20 Å². The molecule has 8 heteroatoms. The average Bonchev–Trinajstić information content (AvgIpc) is 2.87. The van der Waals surface area contributed by atoms with Crippen molar-refractivity contribution < 1.29 is 19.1 Å². The lowest BCUT2D eigenvalue weighted by Crippen LogP contribution is -2.48. The molecule has 102 valence electrons. The van der Waals surface area contributed by atoms with Crippen molar-refractivity contribution in [3.05, 3.63) is 11.1 Å². The van der Waals surface area contributed by atoms with Crippen molar-refractivity contribution in [2.75, 3.05) is 19.5 Å². The zero-order valence-electron chi connectivity index (χ0n) is 10.5. The molecular formula is C11H13N3O4S. The van der Waals surface area contributed by atoms with Gasteiger partial charge in [-0.25, -0.2) is 9.78 Å². The molecular weight excluding hydrogens is 270 g/mol. The maximum atomic E-state index is 11.9. The highest BCUT2D eigenvalue weighted by Gasteiger charge is 2.32. The van der Waals surface area contributed by atoms with Gasteiger partial charge in [-0.3, -0.25) is 14.5 Å². The Balaban J connectivity index is 2.05. The summed E-state index contributed by atoms with van der Waals surface area (Å²) >= 11 is 1.11. The van der Waals surface area contributed by atoms with Crippen LogP contribution in [0.5, 0.6) is 0 Å². The first-order valence-electron chi connectivity index (χ1n) is 5.64. The highest BCUT2D eigenvalue weighted by Crippen LogP contribution is 2.22. The van der Waals surface area contributed by atoms with Crippen LogP contribution in [-0.4, -0.2) is 47.9 Å². The topological polar surface area (TPSA) is 88.6 Å². The van der Waals surface area contributed by atoms with E-state index in [9.17, 15) is 14.4 Å². The monoisotopic (exact) mass is 283 g/mol. The molecule has 2 amide bonds. The minimum Gasteiger partial charge on any atom is -0.465 e. The van der Waals surface area contributed by atoms with Gasteiger partial charge in [0, 0.05) is 13.5 Å². The number of imide groups is 1. The first-order valence-corrected chi connectivity index (χ1v) is 6.45. The Morgan fingerprint density at radius 2 is 2.32 bits per heavy atom. The van der Waals surface area contributed by atoms with Crippen LogP contribution in [-0.2, 0) is 14.3 Å². The molecule has 7 nitrogen and oxygen atoms in total. The number of esters is 1. The molecule has 2 rings (SSSR count). The summed E-state index contributed by atoms with van der Waals surface area (Å²) in [6, 6.07) is -0.487. The lowest BCUT2D eigenvalue weighted by molar-refractivity contribution is -0.146. The van der Waals surface area contributed by atoms with E-state index < -0.39 is 12.0 Å². The molecule has 0 saturated carbocycles. The molecule has 2 heterocycles. The van der Waals surface area contributed by atoms with E-state index in [1.54, 1.807) is 0 Å². The normalized spacial score (nSPS) is 19.5. The van der Waals surface area contributed by atoms with Crippen LogP contribution >= 0.6 is 11.3 Å². The van der Waals surface area contributed by atoms with Crippen molar-refractivity contribution in [2.45, 2.75) is 18.9 Å². The number of likely N-dealkylation sites (N-methyl/N-ethyl adjacent to an activating group) is 1. The van der Waals surface area contributed by atoms with E-state index in [0.717, 1.165) is 16.2 Å². The SMILES string of the molecule is COC(=O)c1cnc(NC2CCC(=O)N(C)C2=O)s1. The fourth-order valence-electron chi connectivity index (χ4n) is 1.73.